The van der Waals surface area contributed by atoms with Crippen LogP contribution in [-0.4, -0.2) is 16.9 Å². The van der Waals surface area contributed by atoms with Gasteiger partial charge in [0.25, 0.3) is 5.91 Å². The van der Waals surface area contributed by atoms with E-state index in [1.165, 1.54) is 19.3 Å². The van der Waals surface area contributed by atoms with Crippen LogP contribution in [0.4, 0.5) is 5.69 Å². The van der Waals surface area contributed by atoms with Crippen LogP contribution in [0.5, 0.6) is 0 Å². The van der Waals surface area contributed by atoms with E-state index in [4.69, 9.17) is 5.84 Å². The van der Waals surface area contributed by atoms with Crippen molar-refractivity contribution in [3.05, 3.63) is 24.0 Å². The van der Waals surface area contributed by atoms with Crippen LogP contribution >= 0.6 is 0 Å². The highest BCUT2D eigenvalue weighted by atomic mass is 16.1. The number of carbonyl (C=O) groups is 1. The maximum Gasteiger partial charge on any atom is 0.270 e. The summed E-state index contributed by atoms with van der Waals surface area (Å²) in [5.74, 6) is 6.00. The van der Waals surface area contributed by atoms with Crippen LogP contribution in [0.2, 0.25) is 0 Å². The van der Waals surface area contributed by atoms with Crippen molar-refractivity contribution < 1.29 is 4.79 Å². The van der Waals surface area contributed by atoms with Gasteiger partial charge in [0.1, 0.15) is 5.69 Å². The molecule has 1 heterocycles. The summed E-state index contributed by atoms with van der Waals surface area (Å²) in [6.07, 6.45) is 7.38. The summed E-state index contributed by atoms with van der Waals surface area (Å²) in [4.78, 5) is 16.1. The lowest BCUT2D eigenvalue weighted by atomic mass is 9.84. The number of hydrazine groups is 1. The zero-order valence-corrected chi connectivity index (χ0v) is 11.4. The number of pyridine rings is 1. The topological polar surface area (TPSA) is 80.0 Å². The van der Waals surface area contributed by atoms with Gasteiger partial charge >= 0.3 is 0 Å². The Morgan fingerprint density at radius 3 is 2.63 bits per heavy atom. The molecule has 1 amide bonds. The smallest absolute Gasteiger partial charge is 0.270 e. The number of nitrogen functional groups attached to an aromatic ring is 1. The Labute approximate surface area is 114 Å². The zero-order chi connectivity index (χ0) is 13.7. The third-order valence-electron chi connectivity index (χ3n) is 3.92. The van der Waals surface area contributed by atoms with E-state index in [-0.39, 0.29) is 5.91 Å². The number of carbonyl (C=O) groups excluding carboxylic acids is 1. The molecule has 0 atom stereocenters. The van der Waals surface area contributed by atoms with E-state index in [9.17, 15) is 4.79 Å². The average molecular weight is 262 g/mol. The van der Waals surface area contributed by atoms with E-state index in [0.29, 0.717) is 17.4 Å². The number of nitrogens with one attached hydrogen (secondary N) is 2. The van der Waals surface area contributed by atoms with Gasteiger partial charge in [0.15, 0.2) is 0 Å². The Balaban J connectivity index is 1.87. The standard InChI is InChI=1S/C14H22N4O/c1-2-10-3-5-11(6-4-10)17-14(19)13-8-7-12(18-15)9-16-13/h7-11,18H,2-6,15H2,1H3,(H,17,19). The first-order chi connectivity index (χ1) is 9.22. The monoisotopic (exact) mass is 262 g/mol. The fourth-order valence-corrected chi connectivity index (χ4v) is 2.59. The van der Waals surface area contributed by atoms with Crippen molar-refractivity contribution in [3.8, 4) is 0 Å². The lowest BCUT2D eigenvalue weighted by molar-refractivity contribution is 0.0916. The van der Waals surface area contributed by atoms with Crippen molar-refractivity contribution in [2.45, 2.75) is 45.1 Å². The zero-order valence-electron chi connectivity index (χ0n) is 11.4. The third-order valence-corrected chi connectivity index (χ3v) is 3.92. The van der Waals surface area contributed by atoms with Gasteiger partial charge in [-0.05, 0) is 43.7 Å². The first-order valence-corrected chi connectivity index (χ1v) is 6.96. The maximum atomic E-state index is 12.0. The van der Waals surface area contributed by atoms with Crippen LogP contribution in [0.25, 0.3) is 0 Å². The summed E-state index contributed by atoms with van der Waals surface area (Å²) in [7, 11) is 0. The lowest BCUT2D eigenvalue weighted by Crippen LogP contribution is -2.37. The molecule has 5 heteroatoms. The van der Waals surface area contributed by atoms with E-state index in [0.717, 1.165) is 18.8 Å². The van der Waals surface area contributed by atoms with Crippen LogP contribution in [0.1, 0.15) is 49.5 Å². The highest BCUT2D eigenvalue weighted by Gasteiger charge is 2.21. The molecular weight excluding hydrogens is 240 g/mol. The molecule has 2 rings (SSSR count). The lowest BCUT2D eigenvalue weighted by Gasteiger charge is -2.28. The van der Waals surface area contributed by atoms with Crippen LogP contribution in [0.3, 0.4) is 0 Å². The molecule has 1 aliphatic carbocycles. The Bertz CT molecular complexity index is 410. The van der Waals surface area contributed by atoms with E-state index < -0.39 is 0 Å². The number of hydrogen-bond donors (Lipinski definition) is 3. The fraction of sp³-hybridized carbons (Fsp3) is 0.571. The van der Waals surface area contributed by atoms with Gasteiger partial charge in [-0.2, -0.15) is 0 Å². The number of nitrogens with two attached hydrogens (primary N) is 1. The highest BCUT2D eigenvalue weighted by Crippen LogP contribution is 2.26. The number of aromatic nitrogens is 1. The van der Waals surface area contributed by atoms with Gasteiger partial charge in [0.2, 0.25) is 0 Å². The average Bonchev–Trinajstić information content (AvgIpc) is 2.48. The van der Waals surface area contributed by atoms with Crippen LogP contribution in [0.15, 0.2) is 18.3 Å². The Morgan fingerprint density at radius 1 is 1.37 bits per heavy atom. The molecule has 0 spiro atoms. The SMILES string of the molecule is CCC1CCC(NC(=O)c2ccc(NN)cn2)CC1. The number of amides is 1. The minimum Gasteiger partial charge on any atom is -0.348 e. The molecule has 19 heavy (non-hydrogen) atoms. The highest BCUT2D eigenvalue weighted by molar-refractivity contribution is 5.92. The van der Waals surface area contributed by atoms with Crippen molar-refractivity contribution in [2.75, 3.05) is 5.43 Å². The number of anilines is 1. The number of rotatable bonds is 4. The van der Waals surface area contributed by atoms with Crippen molar-refractivity contribution in [1.29, 1.82) is 0 Å². The van der Waals surface area contributed by atoms with Gasteiger partial charge in [-0.1, -0.05) is 13.3 Å². The molecular formula is C14H22N4O. The summed E-state index contributed by atoms with van der Waals surface area (Å²) in [5, 5.41) is 3.06. The van der Waals surface area contributed by atoms with Gasteiger partial charge in [0.05, 0.1) is 11.9 Å². The molecule has 1 aliphatic rings. The molecule has 5 nitrogen and oxygen atoms in total. The quantitative estimate of drug-likeness (QED) is 0.573. The number of nitrogens with zero attached hydrogens (tertiary/aromatic N) is 1. The largest absolute Gasteiger partial charge is 0.348 e. The molecule has 0 aliphatic heterocycles. The van der Waals surface area contributed by atoms with Gasteiger partial charge in [0, 0.05) is 6.04 Å². The summed E-state index contributed by atoms with van der Waals surface area (Å²) in [6, 6.07) is 3.72. The maximum absolute atomic E-state index is 12.0. The van der Waals surface area contributed by atoms with Crippen molar-refractivity contribution in [3.63, 3.8) is 0 Å². The van der Waals surface area contributed by atoms with Crippen molar-refractivity contribution in [2.24, 2.45) is 11.8 Å². The second-order valence-electron chi connectivity index (χ2n) is 5.18. The Hall–Kier alpha value is -1.62. The summed E-state index contributed by atoms with van der Waals surface area (Å²) in [5.41, 5.74) is 3.63. The molecule has 0 unspecified atom stereocenters. The van der Waals surface area contributed by atoms with Gasteiger partial charge in [-0.15, -0.1) is 0 Å². The molecule has 0 bridgehead atoms. The van der Waals surface area contributed by atoms with Gasteiger partial charge in [-0.25, -0.2) is 4.98 Å². The first kappa shape index (κ1) is 13.8. The van der Waals surface area contributed by atoms with Gasteiger partial charge < -0.3 is 10.7 Å². The van der Waals surface area contributed by atoms with Gasteiger partial charge in [-0.3, -0.25) is 10.6 Å². The fourth-order valence-electron chi connectivity index (χ4n) is 2.59. The summed E-state index contributed by atoms with van der Waals surface area (Å²) >= 11 is 0. The van der Waals surface area contributed by atoms with Crippen molar-refractivity contribution in [1.82, 2.24) is 10.3 Å². The molecule has 1 saturated carbocycles. The molecule has 0 saturated heterocycles. The predicted octanol–water partition coefficient (Wildman–Crippen LogP) is 2.07. The Morgan fingerprint density at radius 2 is 2.11 bits per heavy atom. The molecule has 1 fully saturated rings. The molecule has 1 aromatic rings. The van der Waals surface area contributed by atoms with E-state index >= 15 is 0 Å². The molecule has 104 valence electrons. The minimum atomic E-state index is -0.0940. The van der Waals surface area contributed by atoms with E-state index in [1.54, 1.807) is 18.3 Å². The summed E-state index contributed by atoms with van der Waals surface area (Å²) in [6.45, 7) is 2.24. The normalized spacial score (nSPS) is 22.8. The molecule has 4 N–H and O–H groups in total. The summed E-state index contributed by atoms with van der Waals surface area (Å²) < 4.78 is 0. The van der Waals surface area contributed by atoms with Crippen LogP contribution in [0, 0.1) is 5.92 Å². The molecule has 0 radical (unpaired) electrons. The Kier molecular flexibility index (Phi) is 4.74. The second-order valence-corrected chi connectivity index (χ2v) is 5.18. The van der Waals surface area contributed by atoms with Crippen molar-refractivity contribution >= 4 is 11.6 Å². The van der Waals surface area contributed by atoms with E-state index in [1.807, 2.05) is 0 Å². The minimum absolute atomic E-state index is 0.0940. The predicted molar refractivity (Wildman–Crippen MR) is 75.6 cm³/mol. The second kappa shape index (κ2) is 6.52. The van der Waals surface area contributed by atoms with Crippen LogP contribution < -0.4 is 16.6 Å². The third kappa shape index (κ3) is 3.67. The molecule has 1 aromatic heterocycles. The first-order valence-electron chi connectivity index (χ1n) is 6.96. The van der Waals surface area contributed by atoms with E-state index in [2.05, 4.69) is 22.7 Å². The molecule has 0 aromatic carbocycles. The number of hydrogen-bond acceptors (Lipinski definition) is 4. The van der Waals surface area contributed by atoms with Crippen LogP contribution in [-0.2, 0) is 0 Å².